The van der Waals surface area contributed by atoms with Crippen molar-refractivity contribution >= 4 is 50.9 Å². The number of anilines is 1. The number of allylic oxidation sites excluding steroid dienone is 2. The van der Waals surface area contributed by atoms with Crippen molar-refractivity contribution in [2.75, 3.05) is 23.7 Å². The standard InChI is InChI=1S/C17H18N2O5S3/c1-3-18-12-6-4-5-7-13(12)26-14(18)10-11(2)15-16(20)19(17(25)24-15)8-9-27(21,22)23/h4-7,10H,3,8-9H2,1-2H3,(H,21,22,23). The van der Waals surface area contributed by atoms with Crippen molar-refractivity contribution in [3.63, 3.8) is 0 Å². The summed E-state index contributed by atoms with van der Waals surface area (Å²) in [6, 6.07) is 8.03. The zero-order valence-electron chi connectivity index (χ0n) is 14.7. The van der Waals surface area contributed by atoms with Crippen LogP contribution in [0.15, 0.2) is 51.6 Å². The Morgan fingerprint density at radius 3 is 2.70 bits per heavy atom. The second-order valence-corrected chi connectivity index (χ2v) is 8.90. The van der Waals surface area contributed by atoms with Crippen LogP contribution in [0, 0.1) is 0 Å². The molecule has 1 aromatic rings. The number of carbonyl (C=O) groups excluding carboxylic acids is 1. The number of ether oxygens (including phenoxy) is 1. The molecule has 0 atom stereocenters. The number of carbonyl (C=O) groups is 1. The monoisotopic (exact) mass is 426 g/mol. The van der Waals surface area contributed by atoms with Crippen LogP contribution in [0.25, 0.3) is 0 Å². The van der Waals surface area contributed by atoms with Gasteiger partial charge in [0, 0.05) is 23.6 Å². The van der Waals surface area contributed by atoms with Gasteiger partial charge in [0.05, 0.1) is 16.5 Å². The summed E-state index contributed by atoms with van der Waals surface area (Å²) >= 11 is 6.62. The van der Waals surface area contributed by atoms with E-state index in [2.05, 4.69) is 4.90 Å². The molecule has 1 N–H and O–H groups in total. The van der Waals surface area contributed by atoms with Gasteiger partial charge in [0.1, 0.15) is 0 Å². The van der Waals surface area contributed by atoms with Gasteiger partial charge in [-0.3, -0.25) is 14.2 Å². The van der Waals surface area contributed by atoms with Crippen molar-refractivity contribution in [3.05, 3.63) is 46.7 Å². The zero-order valence-corrected chi connectivity index (χ0v) is 17.2. The van der Waals surface area contributed by atoms with E-state index in [0.29, 0.717) is 5.57 Å². The molecule has 0 unspecified atom stereocenters. The van der Waals surface area contributed by atoms with E-state index in [1.165, 1.54) is 0 Å². The third-order valence-electron chi connectivity index (χ3n) is 4.07. The van der Waals surface area contributed by atoms with Crippen LogP contribution in [0.2, 0.25) is 0 Å². The van der Waals surface area contributed by atoms with E-state index in [4.69, 9.17) is 21.5 Å². The summed E-state index contributed by atoms with van der Waals surface area (Å²) in [6.45, 7) is 4.30. The lowest BCUT2D eigenvalue weighted by molar-refractivity contribution is -0.122. The lowest BCUT2D eigenvalue weighted by Crippen LogP contribution is -2.33. The highest BCUT2D eigenvalue weighted by atomic mass is 32.2. The number of hydrogen-bond donors (Lipinski definition) is 1. The van der Waals surface area contributed by atoms with Crippen molar-refractivity contribution in [2.24, 2.45) is 0 Å². The maximum Gasteiger partial charge on any atom is 0.297 e. The fourth-order valence-corrected chi connectivity index (χ4v) is 4.68. The van der Waals surface area contributed by atoms with Crippen LogP contribution in [0.1, 0.15) is 13.8 Å². The Morgan fingerprint density at radius 2 is 2.04 bits per heavy atom. The van der Waals surface area contributed by atoms with Crippen molar-refractivity contribution < 1.29 is 22.5 Å². The average molecular weight is 427 g/mol. The highest BCUT2D eigenvalue weighted by Gasteiger charge is 2.35. The molecule has 10 heteroatoms. The molecule has 2 aliphatic rings. The Hall–Kier alpha value is -1.88. The van der Waals surface area contributed by atoms with E-state index in [1.807, 2.05) is 37.3 Å². The van der Waals surface area contributed by atoms with E-state index in [1.54, 1.807) is 18.7 Å². The Bertz CT molecular complexity index is 969. The van der Waals surface area contributed by atoms with Crippen LogP contribution in [0.5, 0.6) is 0 Å². The van der Waals surface area contributed by atoms with Gasteiger partial charge < -0.3 is 9.64 Å². The first kappa shape index (κ1) is 19.9. The van der Waals surface area contributed by atoms with Crippen LogP contribution < -0.4 is 4.90 Å². The van der Waals surface area contributed by atoms with Crippen molar-refractivity contribution in [1.82, 2.24) is 4.90 Å². The number of rotatable bonds is 5. The van der Waals surface area contributed by atoms with Crippen LogP contribution in [0.4, 0.5) is 5.69 Å². The number of thiocarbonyl (C=S) groups is 1. The quantitative estimate of drug-likeness (QED) is 0.437. The van der Waals surface area contributed by atoms with E-state index in [0.717, 1.165) is 27.1 Å². The largest absolute Gasteiger partial charge is 0.425 e. The van der Waals surface area contributed by atoms with E-state index < -0.39 is 21.8 Å². The van der Waals surface area contributed by atoms with Crippen molar-refractivity contribution in [1.29, 1.82) is 0 Å². The fraction of sp³-hybridized carbons (Fsp3) is 0.294. The molecule has 0 radical (unpaired) electrons. The maximum absolute atomic E-state index is 12.5. The highest BCUT2D eigenvalue weighted by molar-refractivity contribution is 8.03. The number of thioether (sulfide) groups is 1. The average Bonchev–Trinajstić information content (AvgIpc) is 3.08. The summed E-state index contributed by atoms with van der Waals surface area (Å²) in [5.41, 5.74) is 1.70. The van der Waals surface area contributed by atoms with Gasteiger partial charge in [-0.15, -0.1) is 0 Å². The molecule has 1 aromatic carbocycles. The molecule has 144 valence electrons. The second kappa shape index (κ2) is 7.63. The summed E-state index contributed by atoms with van der Waals surface area (Å²) in [7, 11) is -4.20. The number of para-hydroxylation sites is 1. The first-order valence-electron chi connectivity index (χ1n) is 8.17. The Kier molecular flexibility index (Phi) is 5.61. The normalized spacial score (nSPS) is 20.3. The lowest BCUT2D eigenvalue weighted by Gasteiger charge is -2.18. The molecule has 0 bridgehead atoms. The molecular formula is C17H18N2O5S3. The minimum absolute atomic E-state index is 0.0652. The molecular weight excluding hydrogens is 408 g/mol. The lowest BCUT2D eigenvalue weighted by atomic mass is 10.2. The molecule has 1 amide bonds. The van der Waals surface area contributed by atoms with Gasteiger partial charge in [-0.05, 0) is 44.3 Å². The second-order valence-electron chi connectivity index (χ2n) is 5.92. The van der Waals surface area contributed by atoms with Crippen LogP contribution in [0.3, 0.4) is 0 Å². The highest BCUT2D eigenvalue weighted by Crippen LogP contribution is 2.46. The smallest absolute Gasteiger partial charge is 0.297 e. The molecule has 3 rings (SSSR count). The molecule has 2 heterocycles. The Morgan fingerprint density at radius 1 is 1.33 bits per heavy atom. The number of benzene rings is 1. The number of nitrogens with zero attached hydrogens (tertiary/aromatic N) is 2. The van der Waals surface area contributed by atoms with E-state index >= 15 is 0 Å². The predicted octanol–water partition coefficient (Wildman–Crippen LogP) is 2.77. The molecule has 0 spiro atoms. The van der Waals surface area contributed by atoms with Crippen LogP contribution in [-0.4, -0.2) is 47.8 Å². The third kappa shape index (κ3) is 4.18. The SMILES string of the molecule is CCN1C(=CC(C)=C2OC(=S)N(CCS(=O)(=O)O)C2=O)Sc2ccccc21. The molecule has 1 saturated heterocycles. The summed E-state index contributed by atoms with van der Waals surface area (Å²) in [5, 5.41) is 0.841. The molecule has 0 aliphatic carbocycles. The van der Waals surface area contributed by atoms with Crippen LogP contribution in [-0.2, 0) is 19.6 Å². The predicted molar refractivity (Wildman–Crippen MR) is 108 cm³/mol. The van der Waals surface area contributed by atoms with Crippen molar-refractivity contribution in [2.45, 2.75) is 18.7 Å². The third-order valence-corrected chi connectivity index (χ3v) is 6.19. The fourth-order valence-electron chi connectivity index (χ4n) is 2.78. The molecule has 0 aromatic heterocycles. The first-order valence-corrected chi connectivity index (χ1v) is 11.0. The molecule has 1 fully saturated rings. The summed E-state index contributed by atoms with van der Waals surface area (Å²) in [6.07, 6.45) is 1.86. The van der Waals surface area contributed by atoms with Crippen molar-refractivity contribution in [3.8, 4) is 0 Å². The first-order chi connectivity index (χ1) is 12.7. The van der Waals surface area contributed by atoms with E-state index in [9.17, 15) is 13.2 Å². The van der Waals surface area contributed by atoms with Gasteiger partial charge in [0.2, 0.25) is 0 Å². The minimum atomic E-state index is -4.20. The van der Waals surface area contributed by atoms with Gasteiger partial charge in [-0.2, -0.15) is 8.42 Å². The van der Waals surface area contributed by atoms with Gasteiger partial charge in [0.15, 0.2) is 5.76 Å². The summed E-state index contributed by atoms with van der Waals surface area (Å²) in [5.74, 6) is -1.05. The van der Waals surface area contributed by atoms with E-state index in [-0.39, 0.29) is 17.5 Å². The van der Waals surface area contributed by atoms with Crippen LogP contribution >= 0.6 is 24.0 Å². The minimum Gasteiger partial charge on any atom is -0.425 e. The molecule has 7 nitrogen and oxygen atoms in total. The number of amides is 1. The molecule has 27 heavy (non-hydrogen) atoms. The Balaban J connectivity index is 1.86. The number of fused-ring (bicyclic) bond motifs is 1. The number of hydrogen-bond acceptors (Lipinski definition) is 7. The summed E-state index contributed by atoms with van der Waals surface area (Å²) in [4.78, 5) is 16.9. The van der Waals surface area contributed by atoms with Gasteiger partial charge >= 0.3 is 0 Å². The maximum atomic E-state index is 12.5. The Labute approximate surface area is 167 Å². The summed E-state index contributed by atoms with van der Waals surface area (Å²) < 4.78 is 36.1. The van der Waals surface area contributed by atoms with Gasteiger partial charge in [0.25, 0.3) is 21.2 Å². The van der Waals surface area contributed by atoms with Gasteiger partial charge in [-0.1, -0.05) is 23.9 Å². The topological polar surface area (TPSA) is 87.2 Å². The van der Waals surface area contributed by atoms with Gasteiger partial charge in [-0.25, -0.2) is 0 Å². The molecule has 2 aliphatic heterocycles. The zero-order chi connectivity index (χ0) is 19.8. The molecule has 0 saturated carbocycles.